The summed E-state index contributed by atoms with van der Waals surface area (Å²) in [7, 11) is 0. The molecule has 4 rings (SSSR count). The van der Waals surface area contributed by atoms with E-state index in [-0.39, 0.29) is 17.4 Å². The van der Waals surface area contributed by atoms with E-state index in [2.05, 4.69) is 15.3 Å². The first-order valence-corrected chi connectivity index (χ1v) is 10.6. The largest absolute Gasteiger partial charge is 0.437 e. The molecule has 0 aliphatic carbocycles. The number of morpholine rings is 1. The molecule has 10 heteroatoms. The fourth-order valence-electron chi connectivity index (χ4n) is 3.50. The van der Waals surface area contributed by atoms with Gasteiger partial charge < -0.3 is 31.2 Å². The zero-order valence-corrected chi connectivity index (χ0v) is 18.2. The van der Waals surface area contributed by atoms with Crippen LogP contribution in [-0.4, -0.2) is 42.2 Å². The highest BCUT2D eigenvalue weighted by Gasteiger charge is 2.20. The Hall–Kier alpha value is -3.92. The highest BCUT2D eigenvalue weighted by molar-refractivity contribution is 5.96. The number of benzene rings is 2. The molecule has 0 bridgehead atoms. The lowest BCUT2D eigenvalue weighted by Crippen LogP contribution is -2.36. The molecule has 0 unspecified atom stereocenters. The molecule has 33 heavy (non-hydrogen) atoms. The van der Waals surface area contributed by atoms with E-state index < -0.39 is 11.7 Å². The summed E-state index contributed by atoms with van der Waals surface area (Å²) in [5.41, 5.74) is 13.1. The standard InChI is InChI=1S/C23H25FN6O3/c1-2-18-23(33-16-5-3-4-14(25)12-16)29-22(20(28-18)21(26)31)27-15-6-7-19(17(24)13-15)30-8-10-32-11-9-30/h3-7,12-13H,2,8-11,25H2,1H3,(H2,26,31)(H,27,29). The van der Waals surface area contributed by atoms with Crippen LogP contribution in [0.2, 0.25) is 0 Å². The summed E-state index contributed by atoms with van der Waals surface area (Å²) in [6.07, 6.45) is 0.452. The molecule has 2 heterocycles. The van der Waals surface area contributed by atoms with Crippen molar-refractivity contribution in [1.29, 1.82) is 0 Å². The molecule has 5 N–H and O–H groups in total. The zero-order chi connectivity index (χ0) is 23.4. The maximum absolute atomic E-state index is 14.8. The average molecular weight is 452 g/mol. The van der Waals surface area contributed by atoms with Gasteiger partial charge >= 0.3 is 0 Å². The van der Waals surface area contributed by atoms with Crippen molar-refractivity contribution in [3.8, 4) is 11.6 Å². The van der Waals surface area contributed by atoms with E-state index in [0.29, 0.717) is 61.2 Å². The summed E-state index contributed by atoms with van der Waals surface area (Å²) in [6, 6.07) is 11.6. The number of primary amides is 1. The number of nitrogens with two attached hydrogens (primary N) is 2. The third-order valence-electron chi connectivity index (χ3n) is 5.13. The second-order valence-electron chi connectivity index (χ2n) is 7.46. The van der Waals surface area contributed by atoms with Gasteiger partial charge in [0.05, 0.1) is 18.9 Å². The SMILES string of the molecule is CCc1nc(C(N)=O)c(Nc2ccc(N3CCOCC3)c(F)c2)nc1Oc1cccc(N)c1. The van der Waals surface area contributed by atoms with Gasteiger partial charge in [0.15, 0.2) is 11.5 Å². The van der Waals surface area contributed by atoms with Gasteiger partial charge in [0.2, 0.25) is 5.88 Å². The Morgan fingerprint density at radius 3 is 2.67 bits per heavy atom. The number of nitrogen functional groups attached to an aromatic ring is 1. The Kier molecular flexibility index (Phi) is 6.55. The molecular formula is C23H25FN6O3. The molecule has 0 radical (unpaired) electrons. The molecule has 3 aromatic rings. The Morgan fingerprint density at radius 2 is 2.00 bits per heavy atom. The number of anilines is 4. The van der Waals surface area contributed by atoms with Crippen molar-refractivity contribution in [3.63, 3.8) is 0 Å². The van der Waals surface area contributed by atoms with Gasteiger partial charge in [-0.1, -0.05) is 13.0 Å². The monoisotopic (exact) mass is 452 g/mol. The Morgan fingerprint density at radius 1 is 1.21 bits per heavy atom. The van der Waals surface area contributed by atoms with Crippen LogP contribution in [0.25, 0.3) is 0 Å². The van der Waals surface area contributed by atoms with E-state index in [1.54, 1.807) is 36.4 Å². The van der Waals surface area contributed by atoms with E-state index >= 15 is 0 Å². The van der Waals surface area contributed by atoms with Crippen molar-refractivity contribution in [2.75, 3.05) is 42.3 Å². The fraction of sp³-hybridized carbons (Fsp3) is 0.261. The fourth-order valence-corrected chi connectivity index (χ4v) is 3.50. The third kappa shape index (κ3) is 5.12. The smallest absolute Gasteiger partial charge is 0.271 e. The first kappa shape index (κ1) is 22.3. The molecule has 0 spiro atoms. The molecule has 1 aliphatic heterocycles. The molecule has 2 aromatic carbocycles. The van der Waals surface area contributed by atoms with Crippen LogP contribution in [0.1, 0.15) is 23.1 Å². The number of halogens is 1. The van der Waals surface area contributed by atoms with Crippen molar-refractivity contribution in [1.82, 2.24) is 9.97 Å². The normalized spacial score (nSPS) is 13.6. The lowest BCUT2D eigenvalue weighted by Gasteiger charge is -2.29. The minimum absolute atomic E-state index is 0.0653. The van der Waals surface area contributed by atoms with Crippen LogP contribution in [0.5, 0.6) is 11.6 Å². The number of hydrogen-bond acceptors (Lipinski definition) is 8. The summed E-state index contributed by atoms with van der Waals surface area (Å²) < 4.78 is 26.0. The molecule has 0 saturated carbocycles. The number of rotatable bonds is 7. The second-order valence-corrected chi connectivity index (χ2v) is 7.46. The predicted octanol–water partition coefficient (Wildman–Crippen LogP) is 3.23. The number of ether oxygens (including phenoxy) is 2. The van der Waals surface area contributed by atoms with Gasteiger partial charge in [-0.05, 0) is 36.8 Å². The summed E-state index contributed by atoms with van der Waals surface area (Å²) in [5.74, 6) is -0.437. The quantitative estimate of drug-likeness (QED) is 0.466. The molecule has 1 aromatic heterocycles. The summed E-state index contributed by atoms with van der Waals surface area (Å²) >= 11 is 0. The summed E-state index contributed by atoms with van der Waals surface area (Å²) in [5, 5.41) is 2.95. The highest BCUT2D eigenvalue weighted by atomic mass is 19.1. The number of hydrogen-bond donors (Lipinski definition) is 3. The van der Waals surface area contributed by atoms with E-state index in [4.69, 9.17) is 20.9 Å². The maximum atomic E-state index is 14.8. The molecule has 1 fully saturated rings. The Balaban J connectivity index is 1.65. The number of carbonyl (C=O) groups is 1. The van der Waals surface area contributed by atoms with Crippen LogP contribution < -0.4 is 26.4 Å². The van der Waals surface area contributed by atoms with Gasteiger partial charge in [-0.3, -0.25) is 4.79 Å². The number of aromatic nitrogens is 2. The number of amides is 1. The molecule has 1 saturated heterocycles. The van der Waals surface area contributed by atoms with E-state index in [1.807, 2.05) is 11.8 Å². The van der Waals surface area contributed by atoms with Crippen molar-refractivity contribution >= 4 is 28.8 Å². The molecular weight excluding hydrogens is 427 g/mol. The van der Waals surface area contributed by atoms with Crippen LogP contribution in [-0.2, 0) is 11.2 Å². The minimum Gasteiger partial charge on any atom is -0.437 e. The van der Waals surface area contributed by atoms with Crippen LogP contribution in [0.4, 0.5) is 27.3 Å². The van der Waals surface area contributed by atoms with Crippen LogP contribution in [0.15, 0.2) is 42.5 Å². The molecule has 0 atom stereocenters. The number of nitrogens with one attached hydrogen (secondary N) is 1. The van der Waals surface area contributed by atoms with Gasteiger partial charge in [0.25, 0.3) is 5.91 Å². The highest BCUT2D eigenvalue weighted by Crippen LogP contribution is 2.30. The first-order chi connectivity index (χ1) is 15.9. The van der Waals surface area contributed by atoms with Crippen LogP contribution in [0, 0.1) is 5.82 Å². The Labute approximate surface area is 190 Å². The van der Waals surface area contributed by atoms with Crippen molar-refractivity contribution in [2.24, 2.45) is 5.73 Å². The van der Waals surface area contributed by atoms with Gasteiger partial charge in [-0.25, -0.2) is 9.37 Å². The molecule has 1 amide bonds. The van der Waals surface area contributed by atoms with Crippen molar-refractivity contribution in [3.05, 3.63) is 59.7 Å². The molecule has 9 nitrogen and oxygen atoms in total. The lowest BCUT2D eigenvalue weighted by atomic mass is 10.2. The van der Waals surface area contributed by atoms with Gasteiger partial charge in [0.1, 0.15) is 17.3 Å². The number of carbonyl (C=O) groups excluding carboxylic acids is 1. The van der Waals surface area contributed by atoms with Crippen molar-refractivity contribution in [2.45, 2.75) is 13.3 Å². The molecule has 172 valence electrons. The topological polar surface area (TPSA) is 129 Å². The third-order valence-corrected chi connectivity index (χ3v) is 5.13. The predicted molar refractivity (Wildman–Crippen MR) is 124 cm³/mol. The zero-order valence-electron chi connectivity index (χ0n) is 18.2. The van der Waals surface area contributed by atoms with Gasteiger partial charge in [-0.2, -0.15) is 4.98 Å². The number of nitrogens with zero attached hydrogens (tertiary/aromatic N) is 3. The van der Waals surface area contributed by atoms with E-state index in [9.17, 15) is 9.18 Å². The van der Waals surface area contributed by atoms with Gasteiger partial charge in [0, 0.05) is 30.5 Å². The summed E-state index contributed by atoms with van der Waals surface area (Å²) in [4.78, 5) is 22.8. The number of aryl methyl sites for hydroxylation is 1. The van der Waals surface area contributed by atoms with E-state index in [0.717, 1.165) is 0 Å². The van der Waals surface area contributed by atoms with Gasteiger partial charge in [-0.15, -0.1) is 0 Å². The molecule has 1 aliphatic rings. The first-order valence-electron chi connectivity index (χ1n) is 10.6. The minimum atomic E-state index is -0.763. The second kappa shape index (κ2) is 9.70. The maximum Gasteiger partial charge on any atom is 0.271 e. The average Bonchev–Trinajstić information content (AvgIpc) is 2.80. The van der Waals surface area contributed by atoms with E-state index in [1.165, 1.54) is 6.07 Å². The van der Waals surface area contributed by atoms with Crippen molar-refractivity contribution < 1.29 is 18.7 Å². The Bertz CT molecular complexity index is 1170. The van der Waals surface area contributed by atoms with Crippen LogP contribution in [0.3, 0.4) is 0 Å². The summed E-state index contributed by atoms with van der Waals surface area (Å²) in [6.45, 7) is 4.19. The van der Waals surface area contributed by atoms with Crippen LogP contribution >= 0.6 is 0 Å². The lowest BCUT2D eigenvalue weighted by molar-refractivity contribution is 0.0996.